The van der Waals surface area contributed by atoms with Gasteiger partial charge in [0.05, 0.1) is 16.8 Å². The second kappa shape index (κ2) is 12.0. The second-order valence-electron chi connectivity index (χ2n) is 19.5. The predicted molar refractivity (Wildman–Crippen MR) is 251 cm³/mol. The van der Waals surface area contributed by atoms with Crippen molar-refractivity contribution < 1.29 is 4.74 Å². The summed E-state index contributed by atoms with van der Waals surface area (Å²) in [6.45, 7) is 0. The smallest absolute Gasteiger partial charge is 0.160 e. The van der Waals surface area contributed by atoms with Gasteiger partial charge in [-0.2, -0.15) is 0 Å². The molecule has 3 bridgehead atoms. The van der Waals surface area contributed by atoms with Gasteiger partial charge >= 0.3 is 0 Å². The fraction of sp³-hybridized carbons (Fsp3) is 0.207. The lowest BCUT2D eigenvalue weighted by Crippen LogP contribution is -2.42. The van der Waals surface area contributed by atoms with E-state index in [9.17, 15) is 0 Å². The van der Waals surface area contributed by atoms with E-state index in [-0.39, 0.29) is 0 Å². The fourth-order valence-corrected chi connectivity index (χ4v) is 15.6. The Balaban J connectivity index is 0.915. The molecule has 7 aromatic carbocycles. The summed E-state index contributed by atoms with van der Waals surface area (Å²) >= 11 is 1.85. The van der Waals surface area contributed by atoms with Crippen molar-refractivity contribution in [3.63, 3.8) is 0 Å². The average molecular weight is 815 g/mol. The number of ether oxygens (including phenoxy) is 1. The first-order valence-electron chi connectivity index (χ1n) is 22.6. The Morgan fingerprint density at radius 1 is 0.500 bits per heavy atom. The molecule has 6 aliphatic rings. The van der Waals surface area contributed by atoms with E-state index < -0.39 is 5.41 Å². The molecule has 5 aliphatic carbocycles. The maximum Gasteiger partial charge on any atom is 0.160 e. The van der Waals surface area contributed by atoms with Crippen LogP contribution in [0.4, 0.5) is 0 Å². The number of nitrogens with zero attached hydrogens (tertiary/aromatic N) is 2. The first-order valence-corrected chi connectivity index (χ1v) is 23.4. The summed E-state index contributed by atoms with van der Waals surface area (Å²) in [6.07, 6.45) is 8.67. The summed E-state index contributed by atoms with van der Waals surface area (Å²) in [7, 11) is 0. The summed E-state index contributed by atoms with van der Waals surface area (Å²) < 4.78 is 9.23. The van der Waals surface area contributed by atoms with Crippen LogP contribution in [0.25, 0.3) is 65.2 Å². The van der Waals surface area contributed by atoms with Crippen molar-refractivity contribution in [2.45, 2.75) is 49.4 Å². The van der Waals surface area contributed by atoms with Crippen molar-refractivity contribution in [3.8, 4) is 56.5 Å². The molecule has 296 valence electrons. The first-order chi connectivity index (χ1) is 30.6. The highest BCUT2D eigenvalue weighted by Crippen LogP contribution is 2.79. The zero-order valence-electron chi connectivity index (χ0n) is 34.3. The maximum absolute atomic E-state index is 6.65. The number of benzene rings is 7. The highest BCUT2D eigenvalue weighted by atomic mass is 32.1. The third-order valence-corrected chi connectivity index (χ3v) is 17.9. The summed E-state index contributed by atoms with van der Waals surface area (Å²) in [5.41, 5.74) is 14.5. The summed E-state index contributed by atoms with van der Waals surface area (Å²) in [5.74, 6) is 5.40. The van der Waals surface area contributed by atoms with Crippen LogP contribution >= 0.6 is 11.3 Å². The van der Waals surface area contributed by atoms with E-state index in [0.717, 1.165) is 74.3 Å². The van der Waals surface area contributed by atoms with Gasteiger partial charge in [-0.1, -0.05) is 127 Å². The monoisotopic (exact) mass is 814 g/mol. The normalized spacial score (nSPS) is 24.9. The molecule has 1 aliphatic heterocycles. The molecule has 15 rings (SSSR count). The lowest BCUT2D eigenvalue weighted by Gasteiger charge is -2.49. The third-order valence-electron chi connectivity index (χ3n) is 16.8. The predicted octanol–water partition coefficient (Wildman–Crippen LogP) is 14.8. The molecule has 4 heteroatoms. The summed E-state index contributed by atoms with van der Waals surface area (Å²) in [4.78, 5) is 11.0. The Hall–Kier alpha value is -6.36. The van der Waals surface area contributed by atoms with Crippen molar-refractivity contribution in [3.05, 3.63) is 192 Å². The molecule has 0 saturated heterocycles. The zero-order valence-corrected chi connectivity index (χ0v) is 35.1. The van der Waals surface area contributed by atoms with Gasteiger partial charge in [-0.25, -0.2) is 9.97 Å². The van der Waals surface area contributed by atoms with E-state index in [1.54, 1.807) is 5.56 Å². The van der Waals surface area contributed by atoms with Crippen LogP contribution in [0.5, 0.6) is 11.5 Å². The topological polar surface area (TPSA) is 35.0 Å². The van der Waals surface area contributed by atoms with Crippen molar-refractivity contribution in [1.82, 2.24) is 9.97 Å². The van der Waals surface area contributed by atoms with Crippen LogP contribution in [0.3, 0.4) is 0 Å². The van der Waals surface area contributed by atoms with Gasteiger partial charge in [0, 0.05) is 48.0 Å². The van der Waals surface area contributed by atoms with Crippen LogP contribution in [-0.2, 0) is 10.8 Å². The Morgan fingerprint density at radius 3 is 2.02 bits per heavy atom. The molecule has 3 unspecified atom stereocenters. The van der Waals surface area contributed by atoms with Gasteiger partial charge in [-0.3, -0.25) is 0 Å². The van der Waals surface area contributed by atoms with Crippen LogP contribution in [0, 0.1) is 23.2 Å². The standard InChI is InChI=1S/C58H42N2OS/c1-3-11-45-41(9-1)42-23-20-37(26-48(42)58(45)46-12-4-6-14-51(46)61-52-15-7-5-13-47(52)58)55-59-49(29-50(60-55)36-19-24-44-43-10-2-8-16-53(43)62-54(44)27-36)35-17-21-38(22-18-35)56-30-34-25-39-28-40(32-56)57(39,31-34)33-56/h1-24,26-27,29,34,39-40H,25,28,30-33H2/t34-,39-,40?,56?,57?/m0/s1. The fourth-order valence-electron chi connectivity index (χ4n) is 14.4. The molecule has 4 saturated carbocycles. The Labute approximate surface area is 365 Å². The number of para-hydroxylation sites is 2. The van der Waals surface area contributed by atoms with Gasteiger partial charge in [-0.15, -0.1) is 11.3 Å². The zero-order chi connectivity index (χ0) is 40.4. The molecule has 0 amide bonds. The van der Waals surface area contributed by atoms with Gasteiger partial charge in [0.1, 0.15) is 11.5 Å². The van der Waals surface area contributed by atoms with Crippen LogP contribution in [0.1, 0.15) is 66.3 Å². The highest BCUT2D eigenvalue weighted by Gasteiger charge is 2.71. The van der Waals surface area contributed by atoms with Gasteiger partial charge in [0.2, 0.25) is 0 Å². The number of aromatic nitrogens is 2. The average Bonchev–Trinajstić information content (AvgIpc) is 3.96. The Bertz CT molecular complexity index is 3350. The van der Waals surface area contributed by atoms with Crippen LogP contribution in [-0.4, -0.2) is 9.97 Å². The third kappa shape index (κ3) is 4.36. The van der Waals surface area contributed by atoms with E-state index in [1.165, 1.54) is 81.0 Å². The van der Waals surface area contributed by atoms with Crippen molar-refractivity contribution in [2.24, 2.45) is 23.2 Å². The molecule has 3 heterocycles. The number of fused-ring (bicyclic) bond motifs is 14. The largest absolute Gasteiger partial charge is 0.457 e. The highest BCUT2D eigenvalue weighted by molar-refractivity contribution is 7.25. The molecular weight excluding hydrogens is 773 g/mol. The van der Waals surface area contributed by atoms with Gasteiger partial charge in [-0.05, 0) is 131 Å². The van der Waals surface area contributed by atoms with E-state index in [0.29, 0.717) is 10.8 Å². The van der Waals surface area contributed by atoms with Gasteiger partial charge < -0.3 is 4.74 Å². The van der Waals surface area contributed by atoms with Crippen LogP contribution < -0.4 is 4.74 Å². The summed E-state index contributed by atoms with van der Waals surface area (Å²) in [6, 6.07) is 60.5. The van der Waals surface area contributed by atoms with Crippen LogP contribution in [0.2, 0.25) is 0 Å². The Kier molecular flexibility index (Phi) is 6.61. The number of hydrogen-bond donors (Lipinski definition) is 0. The lowest BCUT2D eigenvalue weighted by molar-refractivity contribution is -0.000160. The van der Waals surface area contributed by atoms with Crippen molar-refractivity contribution in [1.29, 1.82) is 0 Å². The number of thiophene rings is 1. The molecule has 4 fully saturated rings. The molecule has 5 atom stereocenters. The minimum atomic E-state index is -0.562. The Morgan fingerprint density at radius 2 is 1.18 bits per heavy atom. The molecule has 2 spiro atoms. The minimum absolute atomic E-state index is 0.359. The number of hydrogen-bond acceptors (Lipinski definition) is 4. The number of rotatable bonds is 4. The second-order valence-corrected chi connectivity index (χ2v) is 20.6. The van der Waals surface area contributed by atoms with Crippen molar-refractivity contribution >= 4 is 31.5 Å². The molecule has 9 aromatic rings. The molecule has 62 heavy (non-hydrogen) atoms. The van der Waals surface area contributed by atoms with E-state index in [2.05, 4.69) is 164 Å². The lowest BCUT2D eigenvalue weighted by atomic mass is 9.55. The molecule has 0 radical (unpaired) electrons. The minimum Gasteiger partial charge on any atom is -0.457 e. The first kappa shape index (κ1) is 34.3. The molecule has 2 aromatic heterocycles. The van der Waals surface area contributed by atoms with Crippen molar-refractivity contribution in [2.75, 3.05) is 0 Å². The SMILES string of the molecule is c1ccc2c(c1)Oc1ccccc1C21c2ccccc2-c2ccc(-c3nc(-c4ccc(C56CC7C[C@@H]8C[C@@H](C5)CC78C6)cc4)cc(-c4ccc5c(c4)sc4ccccc45)n3)cc21. The van der Waals surface area contributed by atoms with Crippen LogP contribution in [0.15, 0.2) is 164 Å². The molecule has 3 nitrogen and oxygen atoms in total. The van der Waals surface area contributed by atoms with Gasteiger partial charge in [0.15, 0.2) is 5.82 Å². The maximum atomic E-state index is 6.65. The molecular formula is C58H42N2OS. The molecule has 0 N–H and O–H groups in total. The quantitative estimate of drug-likeness (QED) is 0.177. The van der Waals surface area contributed by atoms with E-state index in [1.807, 2.05) is 11.3 Å². The van der Waals surface area contributed by atoms with E-state index >= 15 is 0 Å². The van der Waals surface area contributed by atoms with Gasteiger partial charge in [0.25, 0.3) is 0 Å². The summed E-state index contributed by atoms with van der Waals surface area (Å²) in [5, 5.41) is 2.60. The van der Waals surface area contributed by atoms with E-state index in [4.69, 9.17) is 14.7 Å².